The molecular formula is C9H11ClN6. The van der Waals surface area contributed by atoms with Gasteiger partial charge in [0, 0.05) is 7.05 Å². The third-order valence-electron chi connectivity index (χ3n) is 2.10. The van der Waals surface area contributed by atoms with Crippen LogP contribution in [0.25, 0.3) is 0 Å². The first-order valence-electron chi connectivity index (χ1n) is 4.75. The Labute approximate surface area is 97.7 Å². The van der Waals surface area contributed by atoms with E-state index >= 15 is 0 Å². The molecule has 1 atom stereocenters. The Bertz CT molecular complexity index is 482. The SMILES string of the molecule is CC(Nc1cncc(Cl)n1)c1nncn1C. The second-order valence-electron chi connectivity index (χ2n) is 3.39. The zero-order valence-electron chi connectivity index (χ0n) is 8.92. The molecule has 0 aliphatic heterocycles. The summed E-state index contributed by atoms with van der Waals surface area (Å²) in [5.41, 5.74) is 0. The molecule has 84 valence electrons. The van der Waals surface area contributed by atoms with Gasteiger partial charge in [-0.05, 0) is 6.92 Å². The third kappa shape index (κ3) is 2.27. The Morgan fingerprint density at radius 3 is 2.88 bits per heavy atom. The number of hydrogen-bond donors (Lipinski definition) is 1. The quantitative estimate of drug-likeness (QED) is 0.876. The van der Waals surface area contributed by atoms with Crippen molar-refractivity contribution in [1.82, 2.24) is 24.7 Å². The van der Waals surface area contributed by atoms with E-state index < -0.39 is 0 Å². The maximum atomic E-state index is 5.74. The summed E-state index contributed by atoms with van der Waals surface area (Å²) in [6.07, 6.45) is 4.75. The molecule has 0 spiro atoms. The van der Waals surface area contributed by atoms with E-state index in [1.165, 1.54) is 6.20 Å². The lowest BCUT2D eigenvalue weighted by Crippen LogP contribution is -2.12. The molecule has 0 saturated heterocycles. The zero-order valence-corrected chi connectivity index (χ0v) is 9.68. The Morgan fingerprint density at radius 2 is 2.25 bits per heavy atom. The van der Waals surface area contributed by atoms with Crippen LogP contribution in [0.15, 0.2) is 18.7 Å². The van der Waals surface area contributed by atoms with Crippen molar-refractivity contribution in [1.29, 1.82) is 0 Å². The number of anilines is 1. The molecule has 0 amide bonds. The lowest BCUT2D eigenvalue weighted by atomic mass is 10.3. The van der Waals surface area contributed by atoms with Gasteiger partial charge in [0.2, 0.25) is 0 Å². The van der Waals surface area contributed by atoms with Crippen LogP contribution in [0.3, 0.4) is 0 Å². The highest BCUT2D eigenvalue weighted by Crippen LogP contribution is 2.15. The minimum Gasteiger partial charge on any atom is -0.359 e. The average Bonchev–Trinajstić information content (AvgIpc) is 2.64. The number of nitrogens with one attached hydrogen (secondary N) is 1. The van der Waals surface area contributed by atoms with Crippen molar-refractivity contribution in [2.45, 2.75) is 13.0 Å². The van der Waals surface area contributed by atoms with Gasteiger partial charge in [-0.2, -0.15) is 0 Å². The first kappa shape index (κ1) is 10.8. The van der Waals surface area contributed by atoms with Gasteiger partial charge in [-0.25, -0.2) is 4.98 Å². The first-order valence-corrected chi connectivity index (χ1v) is 5.12. The predicted octanol–water partition coefficient (Wildman–Crippen LogP) is 1.43. The van der Waals surface area contributed by atoms with Gasteiger partial charge in [0.15, 0.2) is 5.82 Å². The molecule has 0 aliphatic carbocycles. The smallest absolute Gasteiger partial charge is 0.154 e. The maximum Gasteiger partial charge on any atom is 0.154 e. The number of hydrogen-bond acceptors (Lipinski definition) is 5. The fourth-order valence-corrected chi connectivity index (χ4v) is 1.53. The molecule has 7 heteroatoms. The Kier molecular flexibility index (Phi) is 3.00. The van der Waals surface area contributed by atoms with E-state index in [0.717, 1.165) is 5.82 Å². The van der Waals surface area contributed by atoms with Crippen molar-refractivity contribution >= 4 is 17.4 Å². The number of rotatable bonds is 3. The van der Waals surface area contributed by atoms with Crippen molar-refractivity contribution in [3.8, 4) is 0 Å². The summed E-state index contributed by atoms with van der Waals surface area (Å²) in [6, 6.07) is -0.0136. The average molecular weight is 239 g/mol. The molecule has 1 N–H and O–H groups in total. The highest BCUT2D eigenvalue weighted by atomic mass is 35.5. The van der Waals surface area contributed by atoms with Crippen LogP contribution in [0, 0.1) is 0 Å². The largest absolute Gasteiger partial charge is 0.359 e. The Hall–Kier alpha value is -1.69. The lowest BCUT2D eigenvalue weighted by Gasteiger charge is -2.12. The van der Waals surface area contributed by atoms with Crippen LogP contribution in [0.1, 0.15) is 18.8 Å². The molecule has 0 aromatic carbocycles. The number of aryl methyl sites for hydroxylation is 1. The molecule has 0 aliphatic rings. The summed E-state index contributed by atoms with van der Waals surface area (Å²) < 4.78 is 1.84. The van der Waals surface area contributed by atoms with Crippen molar-refractivity contribution in [3.63, 3.8) is 0 Å². The van der Waals surface area contributed by atoms with Crippen LogP contribution < -0.4 is 5.32 Å². The Morgan fingerprint density at radius 1 is 1.44 bits per heavy atom. The van der Waals surface area contributed by atoms with E-state index in [2.05, 4.69) is 25.5 Å². The van der Waals surface area contributed by atoms with E-state index in [9.17, 15) is 0 Å². The van der Waals surface area contributed by atoms with Crippen molar-refractivity contribution in [2.24, 2.45) is 7.05 Å². The molecular weight excluding hydrogens is 228 g/mol. The zero-order chi connectivity index (χ0) is 11.5. The molecule has 0 radical (unpaired) electrons. The molecule has 0 saturated carbocycles. The summed E-state index contributed by atoms with van der Waals surface area (Å²) in [6.45, 7) is 1.96. The Balaban J connectivity index is 2.14. The van der Waals surface area contributed by atoms with E-state index in [4.69, 9.17) is 11.6 Å². The van der Waals surface area contributed by atoms with Gasteiger partial charge in [0.05, 0.1) is 18.4 Å². The highest BCUT2D eigenvalue weighted by molar-refractivity contribution is 6.29. The summed E-state index contributed by atoms with van der Waals surface area (Å²) in [7, 11) is 1.89. The molecule has 16 heavy (non-hydrogen) atoms. The molecule has 0 fully saturated rings. The third-order valence-corrected chi connectivity index (χ3v) is 2.29. The fraction of sp³-hybridized carbons (Fsp3) is 0.333. The van der Waals surface area contributed by atoms with Crippen LogP contribution in [-0.2, 0) is 7.05 Å². The van der Waals surface area contributed by atoms with Crippen LogP contribution in [0.4, 0.5) is 5.82 Å². The second-order valence-corrected chi connectivity index (χ2v) is 3.78. The van der Waals surface area contributed by atoms with E-state index in [1.807, 2.05) is 18.5 Å². The molecule has 2 aromatic rings. The summed E-state index contributed by atoms with van der Waals surface area (Å²) in [5.74, 6) is 1.43. The normalized spacial score (nSPS) is 12.4. The monoisotopic (exact) mass is 238 g/mol. The summed E-state index contributed by atoms with van der Waals surface area (Å²) in [5, 5.41) is 11.3. The van der Waals surface area contributed by atoms with Gasteiger partial charge in [0.1, 0.15) is 17.3 Å². The molecule has 6 nitrogen and oxygen atoms in total. The topological polar surface area (TPSA) is 68.5 Å². The van der Waals surface area contributed by atoms with Gasteiger partial charge >= 0.3 is 0 Å². The van der Waals surface area contributed by atoms with Gasteiger partial charge in [-0.15, -0.1) is 10.2 Å². The van der Waals surface area contributed by atoms with Gasteiger partial charge in [0.25, 0.3) is 0 Å². The minimum atomic E-state index is -0.0136. The number of halogens is 1. The molecule has 0 bridgehead atoms. The van der Waals surface area contributed by atoms with Gasteiger partial charge in [-0.1, -0.05) is 11.6 Å². The van der Waals surface area contributed by atoms with E-state index in [1.54, 1.807) is 12.5 Å². The molecule has 2 aromatic heterocycles. The molecule has 2 rings (SSSR count). The van der Waals surface area contributed by atoms with Crippen molar-refractivity contribution in [3.05, 3.63) is 29.7 Å². The highest BCUT2D eigenvalue weighted by Gasteiger charge is 2.11. The van der Waals surface area contributed by atoms with Gasteiger partial charge < -0.3 is 9.88 Å². The second kappa shape index (κ2) is 4.44. The minimum absolute atomic E-state index is 0.0136. The summed E-state index contributed by atoms with van der Waals surface area (Å²) >= 11 is 5.74. The number of nitrogens with zero attached hydrogens (tertiary/aromatic N) is 5. The lowest BCUT2D eigenvalue weighted by molar-refractivity contribution is 0.716. The van der Waals surface area contributed by atoms with Crippen LogP contribution in [-0.4, -0.2) is 24.7 Å². The summed E-state index contributed by atoms with van der Waals surface area (Å²) in [4.78, 5) is 8.03. The molecule has 1 unspecified atom stereocenters. The van der Waals surface area contributed by atoms with Crippen LogP contribution >= 0.6 is 11.6 Å². The van der Waals surface area contributed by atoms with E-state index in [0.29, 0.717) is 11.0 Å². The van der Waals surface area contributed by atoms with Crippen molar-refractivity contribution < 1.29 is 0 Å². The van der Waals surface area contributed by atoms with Crippen LogP contribution in [0.5, 0.6) is 0 Å². The number of aromatic nitrogens is 5. The maximum absolute atomic E-state index is 5.74. The van der Waals surface area contributed by atoms with Crippen molar-refractivity contribution in [2.75, 3.05) is 5.32 Å². The fourth-order valence-electron chi connectivity index (χ4n) is 1.38. The van der Waals surface area contributed by atoms with Crippen LogP contribution in [0.2, 0.25) is 5.15 Å². The first-order chi connectivity index (χ1) is 7.66. The molecule has 2 heterocycles. The van der Waals surface area contributed by atoms with E-state index in [-0.39, 0.29) is 6.04 Å². The predicted molar refractivity (Wildman–Crippen MR) is 60.1 cm³/mol. The van der Waals surface area contributed by atoms with Gasteiger partial charge in [-0.3, -0.25) is 4.98 Å². The standard InChI is InChI=1S/C9H11ClN6/c1-6(9-15-12-5-16(9)2)13-8-4-11-3-7(10)14-8/h3-6H,1-2H3,(H,13,14).